The van der Waals surface area contributed by atoms with E-state index in [2.05, 4.69) is 15.2 Å². The fraction of sp³-hybridized carbons (Fsp3) is 0.500. The van der Waals surface area contributed by atoms with E-state index in [1.165, 1.54) is 17.7 Å². The van der Waals surface area contributed by atoms with Crippen molar-refractivity contribution >= 4 is 29.3 Å². The molecule has 2 rings (SSSR count). The second-order valence-corrected chi connectivity index (χ2v) is 5.69. The molecule has 6 heteroatoms. The van der Waals surface area contributed by atoms with Gasteiger partial charge in [0, 0.05) is 43.9 Å². The van der Waals surface area contributed by atoms with E-state index in [0.29, 0.717) is 17.3 Å². The molecule has 1 aliphatic heterocycles. The van der Waals surface area contributed by atoms with Gasteiger partial charge in [0.15, 0.2) is 0 Å². The normalized spacial score (nSPS) is 16.5. The predicted octanol–water partition coefficient (Wildman–Crippen LogP) is 1.51. The molecule has 0 aliphatic carbocycles. The Balaban J connectivity index is 1.72. The van der Waals surface area contributed by atoms with Crippen LogP contribution < -0.4 is 5.32 Å². The highest BCUT2D eigenvalue weighted by atomic mass is 35.5. The molecule has 18 heavy (non-hydrogen) atoms. The Bertz CT molecular complexity index is 393. The lowest BCUT2D eigenvalue weighted by Crippen LogP contribution is -2.39. The number of thioether (sulfide) groups is 1. The maximum atomic E-state index is 11.8. The van der Waals surface area contributed by atoms with E-state index in [1.807, 2.05) is 11.8 Å². The van der Waals surface area contributed by atoms with Crippen LogP contribution in [0.5, 0.6) is 0 Å². The first kappa shape index (κ1) is 13.6. The average molecular weight is 286 g/mol. The van der Waals surface area contributed by atoms with Crippen LogP contribution in [-0.4, -0.2) is 53.5 Å². The van der Waals surface area contributed by atoms with Crippen LogP contribution in [-0.2, 0) is 0 Å². The molecule has 0 aromatic carbocycles. The summed E-state index contributed by atoms with van der Waals surface area (Å²) < 4.78 is 0. The Morgan fingerprint density at radius 3 is 2.89 bits per heavy atom. The Hall–Kier alpha value is -0.780. The van der Waals surface area contributed by atoms with Crippen molar-refractivity contribution in [3.05, 3.63) is 29.0 Å². The van der Waals surface area contributed by atoms with Gasteiger partial charge < -0.3 is 5.32 Å². The number of rotatable bonds is 4. The van der Waals surface area contributed by atoms with Crippen LogP contribution in [0, 0.1) is 0 Å². The zero-order valence-electron chi connectivity index (χ0n) is 10.1. The summed E-state index contributed by atoms with van der Waals surface area (Å²) in [7, 11) is 0. The van der Waals surface area contributed by atoms with Gasteiger partial charge in [-0.2, -0.15) is 11.8 Å². The van der Waals surface area contributed by atoms with Crippen molar-refractivity contribution in [1.82, 2.24) is 15.2 Å². The van der Waals surface area contributed by atoms with Crippen molar-refractivity contribution < 1.29 is 4.79 Å². The molecule has 1 amide bonds. The molecule has 98 valence electrons. The number of carbonyl (C=O) groups excluding carboxylic acids is 1. The van der Waals surface area contributed by atoms with Crippen molar-refractivity contribution in [2.24, 2.45) is 0 Å². The first-order chi connectivity index (χ1) is 8.75. The minimum Gasteiger partial charge on any atom is -0.351 e. The molecule has 0 spiro atoms. The highest BCUT2D eigenvalue weighted by molar-refractivity contribution is 7.99. The molecule has 1 aromatic rings. The van der Waals surface area contributed by atoms with Crippen LogP contribution in [0.4, 0.5) is 0 Å². The monoisotopic (exact) mass is 285 g/mol. The lowest BCUT2D eigenvalue weighted by Gasteiger charge is -2.25. The maximum Gasteiger partial charge on any atom is 0.252 e. The zero-order valence-corrected chi connectivity index (χ0v) is 11.6. The van der Waals surface area contributed by atoms with Crippen LogP contribution >= 0.6 is 23.4 Å². The summed E-state index contributed by atoms with van der Waals surface area (Å²) in [5.74, 6) is 2.29. The number of nitrogens with one attached hydrogen (secondary N) is 1. The standard InChI is InChI=1S/C12H16ClN3OS/c13-11-2-1-10(9-15-11)12(17)14-3-4-16-5-7-18-8-6-16/h1-2,9H,3-8H2,(H,14,17). The molecule has 0 unspecified atom stereocenters. The smallest absolute Gasteiger partial charge is 0.252 e. The van der Waals surface area contributed by atoms with Gasteiger partial charge >= 0.3 is 0 Å². The molecule has 0 atom stereocenters. The number of pyridine rings is 1. The molecule has 2 heterocycles. The van der Waals surface area contributed by atoms with Gasteiger partial charge in [-0.05, 0) is 12.1 Å². The molecular weight excluding hydrogens is 270 g/mol. The van der Waals surface area contributed by atoms with Gasteiger partial charge in [-0.15, -0.1) is 0 Å². The van der Waals surface area contributed by atoms with Crippen LogP contribution in [0.2, 0.25) is 5.15 Å². The first-order valence-electron chi connectivity index (χ1n) is 5.95. The minimum absolute atomic E-state index is 0.0921. The average Bonchev–Trinajstić information content (AvgIpc) is 2.40. The number of carbonyl (C=O) groups is 1. The third kappa shape index (κ3) is 4.15. The van der Waals surface area contributed by atoms with Crippen LogP contribution in [0.25, 0.3) is 0 Å². The molecule has 4 nitrogen and oxygen atoms in total. The Kier molecular flexibility index (Phi) is 5.28. The van der Waals surface area contributed by atoms with E-state index in [4.69, 9.17) is 11.6 Å². The lowest BCUT2D eigenvalue weighted by atomic mass is 10.3. The van der Waals surface area contributed by atoms with E-state index in [1.54, 1.807) is 12.1 Å². The molecule has 1 aromatic heterocycles. The Morgan fingerprint density at radius 2 is 2.22 bits per heavy atom. The number of amides is 1. The molecule has 0 radical (unpaired) electrons. The first-order valence-corrected chi connectivity index (χ1v) is 7.49. The van der Waals surface area contributed by atoms with Gasteiger partial charge in [0.1, 0.15) is 5.15 Å². The number of hydrogen-bond donors (Lipinski definition) is 1. The minimum atomic E-state index is -0.0921. The van der Waals surface area contributed by atoms with Crippen LogP contribution in [0.3, 0.4) is 0 Å². The maximum absolute atomic E-state index is 11.8. The third-order valence-electron chi connectivity index (χ3n) is 2.81. The van der Waals surface area contributed by atoms with E-state index in [9.17, 15) is 4.79 Å². The fourth-order valence-corrected chi connectivity index (χ4v) is 2.86. The van der Waals surface area contributed by atoms with Crippen molar-refractivity contribution in [2.45, 2.75) is 0 Å². The van der Waals surface area contributed by atoms with Crippen LogP contribution in [0.1, 0.15) is 10.4 Å². The molecule has 1 N–H and O–H groups in total. The summed E-state index contributed by atoms with van der Waals surface area (Å²) in [6, 6.07) is 3.31. The molecular formula is C12H16ClN3OS. The predicted molar refractivity (Wildman–Crippen MR) is 75.3 cm³/mol. The Labute approximate surface area is 116 Å². The SMILES string of the molecule is O=C(NCCN1CCSCC1)c1ccc(Cl)nc1. The fourth-order valence-electron chi connectivity index (χ4n) is 1.76. The number of aromatic nitrogens is 1. The van der Waals surface area contributed by atoms with Gasteiger partial charge in [0.05, 0.1) is 5.56 Å². The summed E-state index contributed by atoms with van der Waals surface area (Å²) in [5.41, 5.74) is 0.550. The van der Waals surface area contributed by atoms with Crippen molar-refractivity contribution in [3.8, 4) is 0 Å². The van der Waals surface area contributed by atoms with Crippen molar-refractivity contribution in [3.63, 3.8) is 0 Å². The number of nitrogens with zero attached hydrogens (tertiary/aromatic N) is 2. The van der Waals surface area contributed by atoms with Gasteiger partial charge in [-0.1, -0.05) is 11.6 Å². The lowest BCUT2D eigenvalue weighted by molar-refractivity contribution is 0.0948. The second kappa shape index (κ2) is 6.97. The largest absolute Gasteiger partial charge is 0.351 e. The molecule has 0 bridgehead atoms. The summed E-state index contributed by atoms with van der Waals surface area (Å²) in [5, 5.41) is 3.30. The second-order valence-electron chi connectivity index (χ2n) is 4.08. The van der Waals surface area contributed by atoms with E-state index >= 15 is 0 Å². The van der Waals surface area contributed by atoms with E-state index in [-0.39, 0.29) is 5.91 Å². The van der Waals surface area contributed by atoms with Gasteiger partial charge in [0.2, 0.25) is 0 Å². The molecule has 1 fully saturated rings. The topological polar surface area (TPSA) is 45.2 Å². The quantitative estimate of drug-likeness (QED) is 0.852. The highest BCUT2D eigenvalue weighted by Crippen LogP contribution is 2.08. The van der Waals surface area contributed by atoms with E-state index < -0.39 is 0 Å². The van der Waals surface area contributed by atoms with Crippen molar-refractivity contribution in [2.75, 3.05) is 37.7 Å². The third-order valence-corrected chi connectivity index (χ3v) is 3.97. The van der Waals surface area contributed by atoms with Gasteiger partial charge in [0.25, 0.3) is 5.91 Å². The summed E-state index contributed by atoms with van der Waals surface area (Å²) in [6.45, 7) is 3.81. The zero-order chi connectivity index (χ0) is 12.8. The van der Waals surface area contributed by atoms with Gasteiger partial charge in [-0.3, -0.25) is 9.69 Å². The molecule has 1 saturated heterocycles. The summed E-state index contributed by atoms with van der Waals surface area (Å²) in [6.07, 6.45) is 1.50. The van der Waals surface area contributed by atoms with Crippen molar-refractivity contribution in [1.29, 1.82) is 0 Å². The Morgan fingerprint density at radius 1 is 1.44 bits per heavy atom. The van der Waals surface area contributed by atoms with Crippen LogP contribution in [0.15, 0.2) is 18.3 Å². The number of hydrogen-bond acceptors (Lipinski definition) is 4. The number of halogens is 1. The highest BCUT2D eigenvalue weighted by Gasteiger charge is 2.10. The summed E-state index contributed by atoms with van der Waals surface area (Å²) in [4.78, 5) is 18.0. The molecule has 0 saturated carbocycles. The molecule has 1 aliphatic rings. The summed E-state index contributed by atoms with van der Waals surface area (Å²) >= 11 is 7.66. The van der Waals surface area contributed by atoms with Gasteiger partial charge in [-0.25, -0.2) is 4.98 Å². The van der Waals surface area contributed by atoms with E-state index in [0.717, 1.165) is 19.6 Å².